The first-order chi connectivity index (χ1) is 14.6. The van der Waals surface area contributed by atoms with E-state index in [1.807, 2.05) is 42.6 Å². The maximum atomic E-state index is 12.8. The lowest BCUT2D eigenvalue weighted by molar-refractivity contribution is -0.134. The summed E-state index contributed by atoms with van der Waals surface area (Å²) in [6, 6.07) is 11.2. The van der Waals surface area contributed by atoms with Crippen LogP contribution in [0.2, 0.25) is 0 Å². The summed E-state index contributed by atoms with van der Waals surface area (Å²) in [7, 11) is 0. The number of nitrogens with one attached hydrogen (secondary N) is 2. The van der Waals surface area contributed by atoms with E-state index in [2.05, 4.69) is 15.6 Å². The van der Waals surface area contributed by atoms with E-state index in [1.54, 1.807) is 11.1 Å². The van der Waals surface area contributed by atoms with Crippen molar-refractivity contribution in [1.82, 2.24) is 15.2 Å². The van der Waals surface area contributed by atoms with Gasteiger partial charge in [0, 0.05) is 56.0 Å². The predicted octanol–water partition coefficient (Wildman–Crippen LogP) is 2.80. The van der Waals surface area contributed by atoms with Crippen LogP contribution in [0.1, 0.15) is 30.7 Å². The van der Waals surface area contributed by atoms with Crippen LogP contribution in [0.25, 0.3) is 0 Å². The lowest BCUT2D eigenvalue weighted by Gasteiger charge is -2.39. The first kappa shape index (κ1) is 19.1. The third kappa shape index (κ3) is 3.77. The van der Waals surface area contributed by atoms with E-state index >= 15 is 0 Å². The molecule has 30 heavy (non-hydrogen) atoms. The van der Waals surface area contributed by atoms with Gasteiger partial charge in [0.2, 0.25) is 0 Å². The SMILES string of the molecule is O=C(Nc1ccc(O[C@]2(C(=O)C3CC3)CCNC2)cc1)N1CC(c2cccnc2)C1. The molecule has 156 valence electrons. The molecule has 7 nitrogen and oxygen atoms in total. The van der Waals surface area contributed by atoms with Crippen LogP contribution in [0.15, 0.2) is 48.8 Å². The van der Waals surface area contributed by atoms with Gasteiger partial charge in [0.25, 0.3) is 0 Å². The lowest BCUT2D eigenvalue weighted by Crippen LogP contribution is -2.50. The van der Waals surface area contributed by atoms with E-state index < -0.39 is 5.60 Å². The van der Waals surface area contributed by atoms with Crippen LogP contribution >= 0.6 is 0 Å². The molecule has 2 N–H and O–H groups in total. The zero-order valence-corrected chi connectivity index (χ0v) is 16.8. The number of likely N-dealkylation sites (tertiary alicyclic amines) is 1. The number of ketones is 1. The van der Waals surface area contributed by atoms with E-state index in [9.17, 15) is 9.59 Å². The third-order valence-corrected chi connectivity index (χ3v) is 6.26. The maximum absolute atomic E-state index is 12.8. The van der Waals surface area contributed by atoms with Crippen molar-refractivity contribution in [3.8, 4) is 5.75 Å². The van der Waals surface area contributed by atoms with Gasteiger partial charge in [-0.15, -0.1) is 0 Å². The van der Waals surface area contributed by atoms with Crippen molar-refractivity contribution >= 4 is 17.5 Å². The summed E-state index contributed by atoms with van der Waals surface area (Å²) in [5, 5.41) is 6.20. The highest BCUT2D eigenvalue weighted by Gasteiger charge is 2.49. The van der Waals surface area contributed by atoms with Crippen molar-refractivity contribution in [2.24, 2.45) is 5.92 Å². The summed E-state index contributed by atoms with van der Waals surface area (Å²) >= 11 is 0. The fourth-order valence-corrected chi connectivity index (χ4v) is 4.24. The van der Waals surface area contributed by atoms with Gasteiger partial charge in [0.15, 0.2) is 11.4 Å². The molecule has 1 aliphatic carbocycles. The van der Waals surface area contributed by atoms with E-state index in [-0.39, 0.29) is 17.7 Å². The van der Waals surface area contributed by atoms with Crippen molar-refractivity contribution in [2.75, 3.05) is 31.5 Å². The molecule has 1 aromatic carbocycles. The fraction of sp³-hybridized carbons (Fsp3) is 0.435. The smallest absolute Gasteiger partial charge is 0.321 e. The number of benzene rings is 1. The van der Waals surface area contributed by atoms with Crippen molar-refractivity contribution in [3.05, 3.63) is 54.4 Å². The number of pyridine rings is 1. The number of hydrogen-bond acceptors (Lipinski definition) is 5. The van der Waals surface area contributed by atoms with Crippen LogP contribution in [0.5, 0.6) is 5.75 Å². The van der Waals surface area contributed by atoms with Gasteiger partial charge in [-0.2, -0.15) is 0 Å². The Balaban J connectivity index is 1.16. The van der Waals surface area contributed by atoms with Gasteiger partial charge in [-0.05, 0) is 55.3 Å². The molecule has 0 bridgehead atoms. The van der Waals surface area contributed by atoms with E-state index in [4.69, 9.17) is 4.74 Å². The van der Waals surface area contributed by atoms with Crippen LogP contribution in [-0.2, 0) is 4.79 Å². The standard InChI is InChI=1S/C23H26N4O3/c28-21(16-3-4-16)23(9-11-25-15-23)30-20-7-5-19(6-8-20)26-22(29)27-13-18(14-27)17-2-1-10-24-12-17/h1-2,5-8,10,12,16,18,25H,3-4,9,11,13-15H2,(H,26,29)/t23-/m1/s1. The third-order valence-electron chi connectivity index (χ3n) is 6.26. The monoisotopic (exact) mass is 406 g/mol. The number of carbonyl (C=O) groups excluding carboxylic acids is 2. The first-order valence-corrected chi connectivity index (χ1v) is 10.6. The van der Waals surface area contributed by atoms with Gasteiger partial charge >= 0.3 is 6.03 Å². The predicted molar refractivity (Wildman–Crippen MR) is 113 cm³/mol. The Morgan fingerprint density at radius 3 is 2.60 bits per heavy atom. The summed E-state index contributed by atoms with van der Waals surface area (Å²) < 4.78 is 6.19. The number of anilines is 1. The van der Waals surface area contributed by atoms with Crippen molar-refractivity contribution in [3.63, 3.8) is 0 Å². The molecule has 3 fully saturated rings. The summed E-state index contributed by atoms with van der Waals surface area (Å²) in [4.78, 5) is 31.2. The van der Waals surface area contributed by atoms with Crippen molar-refractivity contribution in [1.29, 1.82) is 0 Å². The van der Waals surface area contributed by atoms with Gasteiger partial charge in [0.1, 0.15) is 5.75 Å². The summed E-state index contributed by atoms with van der Waals surface area (Å²) in [6.07, 6.45) is 6.28. The van der Waals surface area contributed by atoms with E-state index in [0.29, 0.717) is 43.4 Å². The zero-order valence-electron chi connectivity index (χ0n) is 16.8. The number of aromatic nitrogens is 1. The molecule has 2 aliphatic heterocycles. The van der Waals surface area contributed by atoms with Crippen molar-refractivity contribution in [2.45, 2.75) is 30.8 Å². The minimum atomic E-state index is -0.745. The Bertz CT molecular complexity index is 915. The highest BCUT2D eigenvalue weighted by Crippen LogP contribution is 2.38. The first-order valence-electron chi connectivity index (χ1n) is 10.6. The molecule has 3 aliphatic rings. The average molecular weight is 406 g/mol. The molecule has 5 rings (SSSR count). The van der Waals surface area contributed by atoms with E-state index in [0.717, 1.165) is 19.4 Å². The zero-order chi connectivity index (χ0) is 20.6. The minimum Gasteiger partial charge on any atom is -0.478 e. The molecular formula is C23H26N4O3. The second-order valence-corrected chi connectivity index (χ2v) is 8.50. The number of urea groups is 1. The Kier molecular flexibility index (Phi) is 4.90. The molecule has 0 radical (unpaired) electrons. The van der Waals surface area contributed by atoms with Gasteiger partial charge < -0.3 is 20.3 Å². The summed E-state index contributed by atoms with van der Waals surface area (Å²) in [5.41, 5.74) is 1.13. The van der Waals surface area contributed by atoms with Gasteiger partial charge in [-0.3, -0.25) is 9.78 Å². The molecule has 1 aromatic heterocycles. The fourth-order valence-electron chi connectivity index (χ4n) is 4.24. The number of hydrogen-bond donors (Lipinski definition) is 2. The normalized spacial score (nSPS) is 23.7. The molecule has 0 spiro atoms. The van der Waals surface area contributed by atoms with Crippen LogP contribution in [0, 0.1) is 5.92 Å². The topological polar surface area (TPSA) is 83.6 Å². The van der Waals surface area contributed by atoms with Crippen molar-refractivity contribution < 1.29 is 14.3 Å². The Morgan fingerprint density at radius 2 is 1.97 bits per heavy atom. The molecule has 2 aromatic rings. The highest BCUT2D eigenvalue weighted by molar-refractivity contribution is 5.92. The molecule has 1 saturated carbocycles. The Morgan fingerprint density at radius 1 is 1.17 bits per heavy atom. The molecule has 7 heteroatoms. The molecule has 2 saturated heterocycles. The van der Waals surface area contributed by atoms with Gasteiger partial charge in [-0.1, -0.05) is 6.07 Å². The van der Waals surface area contributed by atoms with Crippen LogP contribution in [0.4, 0.5) is 10.5 Å². The number of rotatable bonds is 6. The Labute approximate surface area is 175 Å². The quantitative estimate of drug-likeness (QED) is 0.771. The highest BCUT2D eigenvalue weighted by atomic mass is 16.5. The summed E-state index contributed by atoms with van der Waals surface area (Å²) in [6.45, 7) is 2.74. The van der Waals surface area contributed by atoms with Crippen LogP contribution in [0.3, 0.4) is 0 Å². The second kappa shape index (κ2) is 7.72. The van der Waals surface area contributed by atoms with Crippen LogP contribution in [-0.4, -0.2) is 53.5 Å². The molecular weight excluding hydrogens is 380 g/mol. The molecule has 2 amide bonds. The lowest BCUT2D eigenvalue weighted by atomic mass is 9.93. The molecule has 0 unspecified atom stereocenters. The number of amides is 2. The molecule has 1 atom stereocenters. The van der Waals surface area contributed by atoms with E-state index in [1.165, 1.54) is 5.56 Å². The average Bonchev–Trinajstić information content (AvgIpc) is 3.47. The number of nitrogens with zero attached hydrogens (tertiary/aromatic N) is 2. The number of carbonyl (C=O) groups is 2. The maximum Gasteiger partial charge on any atom is 0.321 e. The number of ether oxygens (including phenoxy) is 1. The van der Waals surface area contributed by atoms with Crippen LogP contribution < -0.4 is 15.4 Å². The van der Waals surface area contributed by atoms with Gasteiger partial charge in [-0.25, -0.2) is 4.79 Å². The Hall–Kier alpha value is -2.93. The molecule has 3 heterocycles. The number of Topliss-reactive ketones (excluding diaryl/α,β-unsaturated/α-hetero) is 1. The second-order valence-electron chi connectivity index (χ2n) is 8.50. The largest absolute Gasteiger partial charge is 0.478 e. The van der Waals surface area contributed by atoms with Gasteiger partial charge in [0.05, 0.1) is 0 Å². The summed E-state index contributed by atoms with van der Waals surface area (Å²) in [5.74, 6) is 1.40. The minimum absolute atomic E-state index is 0.107.